The second kappa shape index (κ2) is 8.10. The van der Waals surface area contributed by atoms with Crippen molar-refractivity contribution in [1.29, 1.82) is 0 Å². The van der Waals surface area contributed by atoms with Crippen LogP contribution in [0.5, 0.6) is 0 Å². The van der Waals surface area contributed by atoms with Crippen LogP contribution in [0.1, 0.15) is 45.1 Å². The van der Waals surface area contributed by atoms with Crippen molar-refractivity contribution < 1.29 is 4.39 Å². The highest BCUT2D eigenvalue weighted by atomic mass is 32.1. The molecule has 4 heteroatoms. The molecule has 1 aromatic rings. The van der Waals surface area contributed by atoms with E-state index in [9.17, 15) is 4.39 Å². The van der Waals surface area contributed by atoms with Crippen LogP contribution in [-0.4, -0.2) is 18.1 Å². The Bertz CT molecular complexity index is 413. The summed E-state index contributed by atoms with van der Waals surface area (Å²) in [5.74, 6) is -0.238. The van der Waals surface area contributed by atoms with Crippen molar-refractivity contribution in [3.63, 3.8) is 0 Å². The molecule has 19 heavy (non-hydrogen) atoms. The lowest BCUT2D eigenvalue weighted by atomic mass is 10.1. The van der Waals surface area contributed by atoms with E-state index in [0.29, 0.717) is 11.3 Å². The number of nitrogens with two attached hydrogens (primary N) is 1. The fourth-order valence-corrected chi connectivity index (χ4v) is 2.09. The van der Waals surface area contributed by atoms with Crippen LogP contribution in [0.3, 0.4) is 0 Å². The molecule has 0 saturated heterocycles. The Morgan fingerprint density at radius 2 is 1.79 bits per heavy atom. The minimum Gasteiger partial charge on any atom is -0.389 e. The molecule has 0 unspecified atom stereocenters. The number of benzene rings is 1. The molecule has 0 saturated carbocycles. The van der Waals surface area contributed by atoms with Crippen LogP contribution < -0.4 is 10.6 Å². The van der Waals surface area contributed by atoms with Gasteiger partial charge in [-0.3, -0.25) is 0 Å². The van der Waals surface area contributed by atoms with Crippen LogP contribution in [0.4, 0.5) is 10.1 Å². The maximum absolute atomic E-state index is 14.2. The molecule has 0 aliphatic rings. The van der Waals surface area contributed by atoms with Crippen LogP contribution >= 0.6 is 12.2 Å². The first-order valence-corrected chi connectivity index (χ1v) is 7.35. The van der Waals surface area contributed by atoms with Crippen molar-refractivity contribution in [2.45, 2.75) is 39.5 Å². The zero-order valence-electron chi connectivity index (χ0n) is 11.8. The van der Waals surface area contributed by atoms with Gasteiger partial charge in [0.25, 0.3) is 0 Å². The number of anilines is 1. The summed E-state index contributed by atoms with van der Waals surface area (Å²) in [5.41, 5.74) is 6.76. The lowest BCUT2D eigenvalue weighted by molar-refractivity contribution is 0.604. The minimum atomic E-state index is -0.238. The van der Waals surface area contributed by atoms with Gasteiger partial charge in [0, 0.05) is 18.7 Å². The Hall–Kier alpha value is -1.16. The van der Waals surface area contributed by atoms with E-state index in [2.05, 4.69) is 18.7 Å². The van der Waals surface area contributed by atoms with E-state index in [1.807, 2.05) is 0 Å². The maximum atomic E-state index is 14.2. The Labute approximate surface area is 120 Å². The number of unbranched alkanes of at least 4 members (excludes halogenated alkanes) is 2. The highest BCUT2D eigenvalue weighted by molar-refractivity contribution is 7.80. The third-order valence-corrected chi connectivity index (χ3v) is 3.37. The molecule has 0 amide bonds. The SMILES string of the molecule is CCCCN(CCCC)c1ccc(C(N)=S)cc1F. The second-order valence-corrected chi connectivity index (χ2v) is 5.16. The molecule has 0 aliphatic heterocycles. The lowest BCUT2D eigenvalue weighted by Gasteiger charge is -2.25. The Balaban J connectivity index is 2.90. The van der Waals surface area contributed by atoms with Crippen LogP contribution in [-0.2, 0) is 0 Å². The molecule has 0 radical (unpaired) electrons. The lowest BCUT2D eigenvalue weighted by Crippen LogP contribution is -2.26. The van der Waals surface area contributed by atoms with Crippen molar-refractivity contribution in [2.24, 2.45) is 5.73 Å². The molecule has 0 heterocycles. The quantitative estimate of drug-likeness (QED) is 0.734. The van der Waals surface area contributed by atoms with Gasteiger partial charge in [-0.15, -0.1) is 0 Å². The first-order valence-electron chi connectivity index (χ1n) is 6.94. The number of halogens is 1. The van der Waals surface area contributed by atoms with Crippen LogP contribution in [0.2, 0.25) is 0 Å². The molecule has 0 spiro atoms. The second-order valence-electron chi connectivity index (χ2n) is 4.72. The maximum Gasteiger partial charge on any atom is 0.147 e. The van der Waals surface area contributed by atoms with E-state index >= 15 is 0 Å². The first-order chi connectivity index (χ1) is 9.10. The van der Waals surface area contributed by atoms with Crippen molar-refractivity contribution in [1.82, 2.24) is 0 Å². The largest absolute Gasteiger partial charge is 0.389 e. The van der Waals surface area contributed by atoms with Crippen molar-refractivity contribution in [3.8, 4) is 0 Å². The summed E-state index contributed by atoms with van der Waals surface area (Å²) < 4.78 is 14.2. The number of nitrogens with zero attached hydrogens (tertiary/aromatic N) is 1. The number of hydrogen-bond donors (Lipinski definition) is 1. The van der Waals surface area contributed by atoms with Crippen molar-refractivity contribution >= 4 is 22.9 Å². The number of rotatable bonds is 8. The molecule has 0 bridgehead atoms. The average Bonchev–Trinajstić information content (AvgIpc) is 2.39. The highest BCUT2D eigenvalue weighted by Crippen LogP contribution is 2.21. The van der Waals surface area contributed by atoms with Gasteiger partial charge in [-0.2, -0.15) is 0 Å². The fourth-order valence-electron chi connectivity index (χ4n) is 1.97. The zero-order valence-corrected chi connectivity index (χ0v) is 12.6. The molecular formula is C15H23FN2S. The molecule has 2 nitrogen and oxygen atoms in total. The molecule has 0 aliphatic carbocycles. The summed E-state index contributed by atoms with van der Waals surface area (Å²) in [6.45, 7) is 6.06. The fraction of sp³-hybridized carbons (Fsp3) is 0.533. The summed E-state index contributed by atoms with van der Waals surface area (Å²) in [6, 6.07) is 5.02. The van der Waals surface area contributed by atoms with E-state index in [1.54, 1.807) is 12.1 Å². The predicted molar refractivity (Wildman–Crippen MR) is 84.3 cm³/mol. The molecular weight excluding hydrogens is 259 g/mol. The first kappa shape index (κ1) is 15.9. The number of hydrogen-bond acceptors (Lipinski definition) is 2. The molecule has 0 fully saturated rings. The van der Waals surface area contributed by atoms with Gasteiger partial charge in [0.05, 0.1) is 5.69 Å². The van der Waals surface area contributed by atoms with Gasteiger partial charge in [0.1, 0.15) is 10.8 Å². The molecule has 106 valence electrons. The molecule has 1 aromatic carbocycles. The zero-order chi connectivity index (χ0) is 14.3. The monoisotopic (exact) mass is 282 g/mol. The predicted octanol–water partition coefficient (Wildman–Crippen LogP) is 3.87. The normalized spacial score (nSPS) is 10.5. The summed E-state index contributed by atoms with van der Waals surface area (Å²) in [6.07, 6.45) is 4.35. The third-order valence-electron chi connectivity index (χ3n) is 3.14. The Morgan fingerprint density at radius 1 is 1.21 bits per heavy atom. The molecule has 0 aromatic heterocycles. The summed E-state index contributed by atoms with van der Waals surface area (Å²) >= 11 is 4.87. The van der Waals surface area contributed by atoms with Gasteiger partial charge < -0.3 is 10.6 Å². The summed E-state index contributed by atoms with van der Waals surface area (Å²) in [4.78, 5) is 2.35. The van der Waals surface area contributed by atoms with Crippen molar-refractivity contribution in [2.75, 3.05) is 18.0 Å². The molecule has 2 N–H and O–H groups in total. The van der Waals surface area contributed by atoms with Crippen LogP contribution in [0, 0.1) is 5.82 Å². The van der Waals surface area contributed by atoms with Gasteiger partial charge >= 0.3 is 0 Å². The van der Waals surface area contributed by atoms with Crippen LogP contribution in [0.25, 0.3) is 0 Å². The van der Waals surface area contributed by atoms with E-state index in [1.165, 1.54) is 6.07 Å². The van der Waals surface area contributed by atoms with Crippen LogP contribution in [0.15, 0.2) is 18.2 Å². The van der Waals surface area contributed by atoms with E-state index in [4.69, 9.17) is 18.0 Å². The summed E-state index contributed by atoms with van der Waals surface area (Å²) in [5, 5.41) is 0. The Morgan fingerprint density at radius 3 is 2.21 bits per heavy atom. The third kappa shape index (κ3) is 4.78. The average molecular weight is 282 g/mol. The van der Waals surface area contributed by atoms with E-state index < -0.39 is 0 Å². The van der Waals surface area contributed by atoms with Gasteiger partial charge in [-0.1, -0.05) is 38.9 Å². The Kier molecular flexibility index (Phi) is 6.78. The van der Waals surface area contributed by atoms with Gasteiger partial charge in [-0.05, 0) is 31.0 Å². The van der Waals surface area contributed by atoms with E-state index in [-0.39, 0.29) is 10.8 Å². The van der Waals surface area contributed by atoms with E-state index in [0.717, 1.165) is 38.8 Å². The smallest absolute Gasteiger partial charge is 0.147 e. The van der Waals surface area contributed by atoms with Gasteiger partial charge in [0.2, 0.25) is 0 Å². The molecule has 0 atom stereocenters. The topological polar surface area (TPSA) is 29.3 Å². The van der Waals surface area contributed by atoms with Gasteiger partial charge in [0.15, 0.2) is 0 Å². The minimum absolute atomic E-state index is 0.235. The van der Waals surface area contributed by atoms with Crippen molar-refractivity contribution in [3.05, 3.63) is 29.6 Å². The summed E-state index contributed by atoms with van der Waals surface area (Å²) in [7, 11) is 0. The molecule has 1 rings (SSSR count). The highest BCUT2D eigenvalue weighted by Gasteiger charge is 2.12. The number of thiocarbonyl (C=S) groups is 1. The standard InChI is InChI=1S/C15H23FN2S/c1-3-5-9-18(10-6-4-2)14-8-7-12(15(17)19)11-13(14)16/h7-8,11H,3-6,9-10H2,1-2H3,(H2,17,19). The van der Waals surface area contributed by atoms with Gasteiger partial charge in [-0.25, -0.2) is 4.39 Å².